The summed E-state index contributed by atoms with van der Waals surface area (Å²) in [5.41, 5.74) is 3.26. The molecule has 0 aromatic carbocycles. The fourth-order valence-electron chi connectivity index (χ4n) is 1.53. The van der Waals surface area contributed by atoms with Crippen LogP contribution in [0.3, 0.4) is 0 Å². The number of hydrogen-bond donors (Lipinski definition) is 2. The molecule has 1 heterocycles. The van der Waals surface area contributed by atoms with E-state index in [9.17, 15) is 18.0 Å². The van der Waals surface area contributed by atoms with Gasteiger partial charge in [0, 0.05) is 18.2 Å². The van der Waals surface area contributed by atoms with Crippen molar-refractivity contribution in [3.63, 3.8) is 0 Å². The number of halogens is 3. The van der Waals surface area contributed by atoms with E-state index in [1.54, 1.807) is 13.8 Å². The fraction of sp³-hybridized carbons (Fsp3) is 0.455. The Morgan fingerprint density at radius 2 is 2.06 bits per heavy atom. The predicted octanol–water partition coefficient (Wildman–Crippen LogP) is 2.17. The molecule has 0 aliphatic rings. The van der Waals surface area contributed by atoms with E-state index in [1.165, 1.54) is 12.3 Å². The number of amides is 1. The molecule has 0 unspecified atom stereocenters. The average molecular weight is 261 g/mol. The Hall–Kier alpha value is -1.79. The highest BCUT2D eigenvalue weighted by Gasteiger charge is 2.35. The summed E-state index contributed by atoms with van der Waals surface area (Å²) in [6.45, 7) is 3.15. The Kier molecular flexibility index (Phi) is 3.83. The lowest BCUT2D eigenvalue weighted by Crippen LogP contribution is -2.37. The largest absolute Gasteiger partial charge is 0.419 e. The maximum absolute atomic E-state index is 12.7. The lowest BCUT2D eigenvalue weighted by molar-refractivity contribution is -0.137. The third kappa shape index (κ3) is 3.90. The van der Waals surface area contributed by atoms with Crippen molar-refractivity contribution >= 4 is 11.7 Å². The number of nitrogens with one attached hydrogen (secondary N) is 1. The SMILES string of the molecule is CC(C)(CC(N)=O)Nc1ncccc1C(F)(F)F. The molecule has 1 aromatic heterocycles. The van der Waals surface area contributed by atoms with Gasteiger partial charge < -0.3 is 11.1 Å². The fourth-order valence-corrected chi connectivity index (χ4v) is 1.53. The molecule has 0 fully saturated rings. The van der Waals surface area contributed by atoms with Crippen LogP contribution < -0.4 is 11.1 Å². The molecule has 0 radical (unpaired) electrons. The highest BCUT2D eigenvalue weighted by Crippen LogP contribution is 2.34. The number of alkyl halides is 3. The maximum Gasteiger partial charge on any atom is 0.419 e. The Balaban J connectivity index is 3.01. The van der Waals surface area contributed by atoms with Gasteiger partial charge in [-0.3, -0.25) is 4.79 Å². The molecule has 100 valence electrons. The van der Waals surface area contributed by atoms with E-state index < -0.39 is 23.2 Å². The minimum Gasteiger partial charge on any atom is -0.370 e. The Bertz CT molecular complexity index is 443. The average Bonchev–Trinajstić information content (AvgIpc) is 2.13. The quantitative estimate of drug-likeness (QED) is 0.872. The van der Waals surface area contributed by atoms with Crippen LogP contribution in [0.15, 0.2) is 18.3 Å². The number of aromatic nitrogens is 1. The molecule has 0 saturated carbocycles. The molecule has 0 atom stereocenters. The van der Waals surface area contributed by atoms with Gasteiger partial charge in [0.25, 0.3) is 0 Å². The van der Waals surface area contributed by atoms with E-state index in [2.05, 4.69) is 10.3 Å². The molecule has 1 aromatic rings. The predicted molar refractivity (Wildman–Crippen MR) is 60.8 cm³/mol. The zero-order chi connectivity index (χ0) is 14.0. The number of hydrogen-bond acceptors (Lipinski definition) is 3. The summed E-state index contributed by atoms with van der Waals surface area (Å²) in [6.07, 6.45) is -3.35. The summed E-state index contributed by atoms with van der Waals surface area (Å²) < 4.78 is 38.1. The standard InChI is InChI=1S/C11H14F3N3O/c1-10(2,6-8(15)18)17-9-7(11(12,13)14)4-3-5-16-9/h3-5H,6H2,1-2H3,(H2,15,18)(H,16,17). The molecular formula is C11H14F3N3O. The van der Waals surface area contributed by atoms with Crippen molar-refractivity contribution in [1.29, 1.82) is 0 Å². The van der Waals surface area contributed by atoms with Gasteiger partial charge in [-0.25, -0.2) is 4.98 Å². The minimum absolute atomic E-state index is 0.0964. The van der Waals surface area contributed by atoms with Crippen molar-refractivity contribution in [1.82, 2.24) is 4.98 Å². The summed E-state index contributed by atoms with van der Waals surface area (Å²) in [7, 11) is 0. The van der Waals surface area contributed by atoms with Crippen molar-refractivity contribution < 1.29 is 18.0 Å². The van der Waals surface area contributed by atoms with Crippen LogP contribution >= 0.6 is 0 Å². The molecule has 7 heteroatoms. The van der Waals surface area contributed by atoms with E-state index in [-0.39, 0.29) is 12.2 Å². The monoisotopic (exact) mass is 261 g/mol. The van der Waals surface area contributed by atoms with Gasteiger partial charge >= 0.3 is 6.18 Å². The van der Waals surface area contributed by atoms with Crippen LogP contribution in [0.1, 0.15) is 25.8 Å². The first kappa shape index (κ1) is 14.3. The van der Waals surface area contributed by atoms with Gasteiger partial charge in [-0.2, -0.15) is 13.2 Å². The van der Waals surface area contributed by atoms with E-state index in [0.717, 1.165) is 6.07 Å². The van der Waals surface area contributed by atoms with Gasteiger partial charge in [-0.05, 0) is 26.0 Å². The Labute approximate surface area is 102 Å². The summed E-state index contributed by atoms with van der Waals surface area (Å²) in [5, 5.41) is 2.59. The summed E-state index contributed by atoms with van der Waals surface area (Å²) in [6, 6.07) is 2.13. The highest BCUT2D eigenvalue weighted by molar-refractivity contribution is 5.75. The molecule has 1 rings (SSSR count). The second kappa shape index (κ2) is 4.83. The smallest absolute Gasteiger partial charge is 0.370 e. The van der Waals surface area contributed by atoms with Gasteiger partial charge in [-0.1, -0.05) is 0 Å². The summed E-state index contributed by atoms with van der Waals surface area (Å²) >= 11 is 0. The zero-order valence-corrected chi connectivity index (χ0v) is 10.0. The van der Waals surface area contributed by atoms with E-state index >= 15 is 0 Å². The van der Waals surface area contributed by atoms with Gasteiger partial charge in [-0.15, -0.1) is 0 Å². The molecule has 0 saturated heterocycles. The van der Waals surface area contributed by atoms with Crippen molar-refractivity contribution in [3.05, 3.63) is 23.9 Å². The van der Waals surface area contributed by atoms with Crippen LogP contribution in [0.25, 0.3) is 0 Å². The number of anilines is 1. The van der Waals surface area contributed by atoms with E-state index in [4.69, 9.17) is 5.73 Å². The molecule has 18 heavy (non-hydrogen) atoms. The van der Waals surface area contributed by atoms with Crippen LogP contribution in [0.2, 0.25) is 0 Å². The lowest BCUT2D eigenvalue weighted by atomic mass is 10.00. The number of nitrogens with zero attached hydrogens (tertiary/aromatic N) is 1. The number of rotatable bonds is 4. The number of pyridine rings is 1. The number of nitrogens with two attached hydrogens (primary N) is 1. The normalized spacial score (nSPS) is 12.3. The molecule has 1 amide bonds. The third-order valence-electron chi connectivity index (χ3n) is 2.19. The Morgan fingerprint density at radius 3 is 2.56 bits per heavy atom. The minimum atomic E-state index is -4.50. The molecule has 3 N–H and O–H groups in total. The van der Waals surface area contributed by atoms with Gasteiger partial charge in [0.1, 0.15) is 5.82 Å². The molecule has 0 spiro atoms. The second-order valence-corrected chi connectivity index (χ2v) is 4.55. The van der Waals surface area contributed by atoms with E-state index in [1.807, 2.05) is 0 Å². The zero-order valence-electron chi connectivity index (χ0n) is 10.0. The summed E-state index contributed by atoms with van der Waals surface area (Å²) in [5.74, 6) is -0.909. The number of carbonyl (C=O) groups is 1. The van der Waals surface area contributed by atoms with Crippen LogP contribution in [0.4, 0.5) is 19.0 Å². The van der Waals surface area contributed by atoms with Crippen molar-refractivity contribution in [3.8, 4) is 0 Å². The molecular weight excluding hydrogens is 247 g/mol. The van der Waals surface area contributed by atoms with Crippen LogP contribution in [0, 0.1) is 0 Å². The van der Waals surface area contributed by atoms with Crippen molar-refractivity contribution in [2.24, 2.45) is 5.73 Å². The van der Waals surface area contributed by atoms with Crippen LogP contribution in [-0.2, 0) is 11.0 Å². The third-order valence-corrected chi connectivity index (χ3v) is 2.19. The molecule has 0 aliphatic carbocycles. The van der Waals surface area contributed by atoms with Crippen LogP contribution in [-0.4, -0.2) is 16.4 Å². The lowest BCUT2D eigenvalue weighted by Gasteiger charge is -2.27. The van der Waals surface area contributed by atoms with Crippen molar-refractivity contribution in [2.45, 2.75) is 32.0 Å². The van der Waals surface area contributed by atoms with Gasteiger partial charge in [0.05, 0.1) is 5.56 Å². The first-order valence-electron chi connectivity index (χ1n) is 5.20. The second-order valence-electron chi connectivity index (χ2n) is 4.55. The first-order chi connectivity index (χ1) is 8.12. The maximum atomic E-state index is 12.7. The number of carbonyl (C=O) groups excluding carboxylic acids is 1. The van der Waals surface area contributed by atoms with Crippen molar-refractivity contribution in [2.75, 3.05) is 5.32 Å². The van der Waals surface area contributed by atoms with Gasteiger partial charge in [0.2, 0.25) is 5.91 Å². The first-order valence-corrected chi connectivity index (χ1v) is 5.20. The Morgan fingerprint density at radius 1 is 1.44 bits per heavy atom. The summed E-state index contributed by atoms with van der Waals surface area (Å²) in [4.78, 5) is 14.5. The highest BCUT2D eigenvalue weighted by atomic mass is 19.4. The van der Waals surface area contributed by atoms with E-state index in [0.29, 0.717) is 0 Å². The number of primary amides is 1. The topological polar surface area (TPSA) is 68.0 Å². The molecule has 4 nitrogen and oxygen atoms in total. The molecule has 0 aliphatic heterocycles. The van der Waals surface area contributed by atoms with Gasteiger partial charge in [0.15, 0.2) is 0 Å². The van der Waals surface area contributed by atoms with Crippen LogP contribution in [0.5, 0.6) is 0 Å². The molecule has 0 bridgehead atoms.